The Morgan fingerprint density at radius 2 is 2.07 bits per heavy atom. The topological polar surface area (TPSA) is 78.5 Å². The molecule has 0 saturated carbocycles. The van der Waals surface area contributed by atoms with Crippen LogP contribution in [0.4, 0.5) is 0 Å². The number of carbonyl (C=O) groups is 2. The Kier molecular flexibility index (Phi) is 10.9. The van der Waals surface area contributed by atoms with Crippen LogP contribution in [-0.4, -0.2) is 24.6 Å². The first-order chi connectivity index (χ1) is 6.47. The van der Waals surface area contributed by atoms with E-state index in [9.17, 15) is 14.7 Å². The molecule has 0 aliphatic carbocycles. The molecule has 0 aliphatic rings. The van der Waals surface area contributed by atoms with Gasteiger partial charge >= 0.3 is 57.4 Å². The Hall–Kier alpha value is 0.116. The van der Waals surface area contributed by atoms with Gasteiger partial charge in [-0.1, -0.05) is 0 Å². The van der Waals surface area contributed by atoms with Crippen molar-refractivity contribution in [1.29, 1.82) is 0 Å². The molecule has 0 aliphatic heterocycles. The van der Waals surface area contributed by atoms with Gasteiger partial charge in [0.25, 0.3) is 0 Å². The summed E-state index contributed by atoms with van der Waals surface area (Å²) in [5, 5.41) is 12.9. The van der Waals surface area contributed by atoms with E-state index >= 15 is 0 Å². The predicted octanol–water partition coefficient (Wildman–Crippen LogP) is -3.81. The molecule has 0 amide bonds. The summed E-state index contributed by atoms with van der Waals surface area (Å²) in [6.45, 7) is 4.99. The van der Waals surface area contributed by atoms with Crippen molar-refractivity contribution in [3.63, 3.8) is 0 Å². The van der Waals surface area contributed by atoms with Crippen molar-refractivity contribution in [1.82, 2.24) is 5.32 Å². The van der Waals surface area contributed by atoms with Gasteiger partial charge in [-0.2, -0.15) is 0 Å². The summed E-state index contributed by atoms with van der Waals surface area (Å²) in [6, 6.07) is -0.833. The number of esters is 1. The number of hydrogen-bond donors (Lipinski definition) is 1. The second-order valence-electron chi connectivity index (χ2n) is 2.76. The van der Waals surface area contributed by atoms with Crippen molar-refractivity contribution in [3.8, 4) is 0 Å². The molecule has 5 nitrogen and oxygen atoms in total. The van der Waals surface area contributed by atoms with Crippen LogP contribution in [0.15, 0.2) is 11.8 Å². The zero-order chi connectivity index (χ0) is 11.1. The van der Waals surface area contributed by atoms with Crippen molar-refractivity contribution < 1.29 is 70.8 Å². The van der Waals surface area contributed by atoms with E-state index < -0.39 is 18.0 Å². The van der Waals surface area contributed by atoms with Crippen LogP contribution in [0, 0.1) is 0 Å². The van der Waals surface area contributed by atoms with Crippen molar-refractivity contribution in [2.75, 3.05) is 6.61 Å². The van der Waals surface area contributed by atoms with Crippen LogP contribution < -0.4 is 61.8 Å². The minimum atomic E-state index is -1.22. The number of ether oxygens (including phenoxy) is 1. The Balaban J connectivity index is 0. The number of carboxylic acid groups (broad SMARTS) is 1. The van der Waals surface area contributed by atoms with Gasteiger partial charge in [0.05, 0.1) is 18.6 Å². The van der Waals surface area contributed by atoms with E-state index in [2.05, 4.69) is 10.1 Å². The number of hydrogen-bond acceptors (Lipinski definition) is 5. The minimum absolute atomic E-state index is 0. The Morgan fingerprint density at radius 1 is 1.53 bits per heavy atom. The van der Waals surface area contributed by atoms with Crippen molar-refractivity contribution >= 4 is 11.9 Å². The fraction of sp³-hybridized carbons (Fsp3) is 0.556. The molecule has 0 spiro atoms. The fourth-order valence-electron chi connectivity index (χ4n) is 0.803. The molecule has 0 heterocycles. The second-order valence-corrected chi connectivity index (χ2v) is 2.76. The number of carbonyl (C=O) groups excluding carboxylic acids is 2. The SMILES string of the molecule is CCOC(=O)/C=C(\C)N[C@@H](C)C(=O)[O-].[K+]. The molecule has 0 unspecified atom stereocenters. The van der Waals surface area contributed by atoms with Crippen molar-refractivity contribution in [2.45, 2.75) is 26.8 Å². The number of rotatable bonds is 5. The Labute approximate surface area is 132 Å². The minimum Gasteiger partial charge on any atom is -0.548 e. The average Bonchev–Trinajstić information content (AvgIpc) is 2.03. The third-order valence-corrected chi connectivity index (χ3v) is 1.42. The van der Waals surface area contributed by atoms with Gasteiger partial charge in [-0.15, -0.1) is 0 Å². The van der Waals surface area contributed by atoms with Gasteiger partial charge in [0.15, 0.2) is 0 Å². The molecule has 15 heavy (non-hydrogen) atoms. The summed E-state index contributed by atoms with van der Waals surface area (Å²) in [6.07, 6.45) is 1.20. The van der Waals surface area contributed by atoms with Crippen LogP contribution >= 0.6 is 0 Å². The van der Waals surface area contributed by atoms with Crippen molar-refractivity contribution in [2.24, 2.45) is 0 Å². The van der Waals surface area contributed by atoms with Crippen LogP contribution in [0.1, 0.15) is 20.8 Å². The summed E-state index contributed by atoms with van der Waals surface area (Å²) in [4.78, 5) is 21.2. The first-order valence-corrected chi connectivity index (χ1v) is 4.29. The van der Waals surface area contributed by atoms with Crippen LogP contribution in [0.5, 0.6) is 0 Å². The summed E-state index contributed by atoms with van der Waals surface area (Å²) in [7, 11) is 0. The van der Waals surface area contributed by atoms with E-state index in [0.29, 0.717) is 12.3 Å². The summed E-state index contributed by atoms with van der Waals surface area (Å²) in [5.41, 5.74) is 0.431. The first kappa shape index (κ1) is 17.5. The maximum atomic E-state index is 10.9. The molecule has 6 heteroatoms. The smallest absolute Gasteiger partial charge is 0.548 e. The second kappa shape index (κ2) is 9.35. The van der Waals surface area contributed by atoms with E-state index in [1.807, 2.05) is 0 Å². The summed E-state index contributed by atoms with van der Waals surface area (Å²) < 4.78 is 4.64. The normalized spacial score (nSPS) is 12.3. The molecule has 0 bridgehead atoms. The van der Waals surface area contributed by atoms with Gasteiger partial charge in [0.1, 0.15) is 0 Å². The van der Waals surface area contributed by atoms with Crippen molar-refractivity contribution in [3.05, 3.63) is 11.8 Å². The Morgan fingerprint density at radius 3 is 2.47 bits per heavy atom. The quantitative estimate of drug-likeness (QED) is 0.302. The number of nitrogens with one attached hydrogen (secondary N) is 1. The fourth-order valence-corrected chi connectivity index (χ4v) is 0.803. The molecule has 0 aromatic carbocycles. The molecule has 0 aromatic heterocycles. The maximum absolute atomic E-state index is 10.9. The molecule has 0 aromatic rings. The molecular weight excluding hydrogens is 225 g/mol. The zero-order valence-electron chi connectivity index (χ0n) is 9.49. The third kappa shape index (κ3) is 9.07. The summed E-state index contributed by atoms with van der Waals surface area (Å²) >= 11 is 0. The van der Waals surface area contributed by atoms with Gasteiger partial charge < -0.3 is 20.0 Å². The molecule has 1 N–H and O–H groups in total. The zero-order valence-corrected chi connectivity index (χ0v) is 12.6. The van der Waals surface area contributed by atoms with E-state index in [0.717, 1.165) is 0 Å². The molecule has 80 valence electrons. The van der Waals surface area contributed by atoms with Gasteiger partial charge in [0.2, 0.25) is 0 Å². The molecule has 1 atom stereocenters. The number of allylic oxidation sites excluding steroid dienone is 1. The molecular formula is C9H14KNO4. The standard InChI is InChI=1S/C9H15NO4.K/c1-4-14-8(11)5-6(2)10-7(3)9(12)13;/h5,7,10H,4H2,1-3H3,(H,12,13);/q;+1/p-1/b6-5+;/t7-;/m0./s1. The van der Waals surface area contributed by atoms with E-state index in [-0.39, 0.29) is 51.4 Å². The van der Waals surface area contributed by atoms with Crippen LogP contribution in [0.2, 0.25) is 0 Å². The predicted molar refractivity (Wildman–Crippen MR) is 48.0 cm³/mol. The maximum Gasteiger partial charge on any atom is 1.00 e. The first-order valence-electron chi connectivity index (χ1n) is 4.29. The van der Waals surface area contributed by atoms with Crippen LogP contribution in [0.25, 0.3) is 0 Å². The summed E-state index contributed by atoms with van der Waals surface area (Å²) in [5.74, 6) is -1.72. The van der Waals surface area contributed by atoms with E-state index in [4.69, 9.17) is 0 Å². The van der Waals surface area contributed by atoms with Crippen LogP contribution in [0.3, 0.4) is 0 Å². The van der Waals surface area contributed by atoms with E-state index in [1.54, 1.807) is 13.8 Å². The van der Waals surface area contributed by atoms with Gasteiger partial charge in [-0.25, -0.2) is 4.79 Å². The molecule has 0 saturated heterocycles. The Bertz CT molecular complexity index is 252. The van der Waals surface area contributed by atoms with Gasteiger partial charge in [-0.05, 0) is 20.8 Å². The van der Waals surface area contributed by atoms with Crippen LogP contribution in [-0.2, 0) is 14.3 Å². The van der Waals surface area contributed by atoms with Gasteiger partial charge in [0, 0.05) is 11.8 Å². The monoisotopic (exact) mass is 239 g/mol. The average molecular weight is 239 g/mol. The molecule has 0 rings (SSSR count). The third-order valence-electron chi connectivity index (χ3n) is 1.42. The van der Waals surface area contributed by atoms with Gasteiger partial charge in [-0.3, -0.25) is 0 Å². The molecule has 0 radical (unpaired) electrons. The number of aliphatic carboxylic acids is 1. The number of carboxylic acids is 1. The largest absolute Gasteiger partial charge is 1.00 e. The van der Waals surface area contributed by atoms with E-state index in [1.165, 1.54) is 13.0 Å². The molecule has 0 fully saturated rings.